The van der Waals surface area contributed by atoms with Crippen LogP contribution in [0, 0.1) is 0 Å². The number of ether oxygens (including phenoxy) is 2. The van der Waals surface area contributed by atoms with Crippen LogP contribution in [0.5, 0.6) is 0 Å². The molecule has 2 heterocycles. The molecule has 2 N–H and O–H groups in total. The second-order valence-electron chi connectivity index (χ2n) is 4.83. The molecule has 0 amide bonds. The lowest BCUT2D eigenvalue weighted by molar-refractivity contribution is 0.0889. The van der Waals surface area contributed by atoms with Gasteiger partial charge >= 0.3 is 0 Å². The van der Waals surface area contributed by atoms with Crippen LogP contribution in [-0.4, -0.2) is 43.1 Å². The molecular formula is C12H22N2O2S. The third kappa shape index (κ3) is 4.08. The summed E-state index contributed by atoms with van der Waals surface area (Å²) >= 11 is 5.27. The number of hydrogen-bond acceptors (Lipinski definition) is 3. The highest BCUT2D eigenvalue weighted by Gasteiger charge is 2.23. The van der Waals surface area contributed by atoms with Crippen molar-refractivity contribution in [3.05, 3.63) is 0 Å². The van der Waals surface area contributed by atoms with Crippen molar-refractivity contribution in [2.75, 3.05) is 19.8 Å². The first-order chi connectivity index (χ1) is 8.25. The van der Waals surface area contributed by atoms with Crippen LogP contribution in [-0.2, 0) is 9.47 Å². The van der Waals surface area contributed by atoms with Gasteiger partial charge in [0.05, 0.1) is 18.2 Å². The molecule has 3 atom stereocenters. The lowest BCUT2D eigenvalue weighted by Gasteiger charge is -2.22. The van der Waals surface area contributed by atoms with Crippen molar-refractivity contribution in [2.45, 2.75) is 50.9 Å². The first-order valence-corrected chi connectivity index (χ1v) is 6.94. The topological polar surface area (TPSA) is 42.5 Å². The summed E-state index contributed by atoms with van der Waals surface area (Å²) in [6.07, 6.45) is 5.22. The van der Waals surface area contributed by atoms with E-state index in [4.69, 9.17) is 21.7 Å². The van der Waals surface area contributed by atoms with Crippen molar-refractivity contribution < 1.29 is 9.47 Å². The molecule has 98 valence electrons. The Labute approximate surface area is 108 Å². The van der Waals surface area contributed by atoms with E-state index in [0.717, 1.165) is 39.0 Å². The highest BCUT2D eigenvalue weighted by molar-refractivity contribution is 7.80. The van der Waals surface area contributed by atoms with Crippen LogP contribution in [0.4, 0.5) is 0 Å². The minimum Gasteiger partial charge on any atom is -0.376 e. The van der Waals surface area contributed by atoms with E-state index in [-0.39, 0.29) is 6.04 Å². The summed E-state index contributed by atoms with van der Waals surface area (Å²) in [6.45, 7) is 4.70. The van der Waals surface area contributed by atoms with Gasteiger partial charge in [0.25, 0.3) is 0 Å². The first-order valence-electron chi connectivity index (χ1n) is 6.53. The third-order valence-corrected chi connectivity index (χ3v) is 3.66. The van der Waals surface area contributed by atoms with E-state index in [2.05, 4.69) is 17.6 Å². The Hall–Kier alpha value is -0.390. The van der Waals surface area contributed by atoms with Crippen LogP contribution in [0.1, 0.15) is 32.6 Å². The molecule has 2 fully saturated rings. The monoisotopic (exact) mass is 258 g/mol. The zero-order valence-corrected chi connectivity index (χ0v) is 11.2. The molecule has 0 aliphatic carbocycles. The Bertz CT molecular complexity index is 251. The van der Waals surface area contributed by atoms with Crippen LogP contribution in [0.25, 0.3) is 0 Å². The van der Waals surface area contributed by atoms with Crippen LogP contribution in [0.2, 0.25) is 0 Å². The van der Waals surface area contributed by atoms with Gasteiger partial charge in [-0.05, 0) is 44.8 Å². The van der Waals surface area contributed by atoms with Gasteiger partial charge in [-0.1, -0.05) is 0 Å². The third-order valence-electron chi connectivity index (χ3n) is 3.40. The molecule has 0 unspecified atom stereocenters. The van der Waals surface area contributed by atoms with E-state index >= 15 is 0 Å². The Morgan fingerprint density at radius 2 is 2.06 bits per heavy atom. The molecule has 0 aromatic rings. The minimum atomic E-state index is 0.280. The molecule has 4 nitrogen and oxygen atoms in total. The number of thiocarbonyl (C=S) groups is 1. The molecule has 0 aromatic carbocycles. The average Bonchev–Trinajstić information content (AvgIpc) is 2.99. The number of rotatable bonds is 4. The maximum atomic E-state index is 5.62. The van der Waals surface area contributed by atoms with Gasteiger partial charge < -0.3 is 20.1 Å². The molecule has 2 aliphatic rings. The molecule has 2 saturated heterocycles. The molecule has 0 spiro atoms. The maximum Gasteiger partial charge on any atom is 0.166 e. The molecule has 0 saturated carbocycles. The van der Waals surface area contributed by atoms with Gasteiger partial charge in [0.2, 0.25) is 0 Å². The van der Waals surface area contributed by atoms with Gasteiger partial charge in [-0.15, -0.1) is 0 Å². The summed E-state index contributed by atoms with van der Waals surface area (Å²) in [7, 11) is 0. The van der Waals surface area contributed by atoms with Gasteiger partial charge in [-0.3, -0.25) is 0 Å². The molecular weight excluding hydrogens is 236 g/mol. The van der Waals surface area contributed by atoms with Crippen molar-refractivity contribution in [2.24, 2.45) is 0 Å². The molecule has 17 heavy (non-hydrogen) atoms. The zero-order chi connectivity index (χ0) is 12.1. The maximum absolute atomic E-state index is 5.62. The van der Waals surface area contributed by atoms with Crippen molar-refractivity contribution >= 4 is 17.3 Å². The fourth-order valence-electron chi connectivity index (χ4n) is 2.36. The first kappa shape index (κ1) is 13.1. The largest absolute Gasteiger partial charge is 0.376 e. The second-order valence-corrected chi connectivity index (χ2v) is 5.24. The van der Waals surface area contributed by atoms with E-state index in [9.17, 15) is 0 Å². The summed E-state index contributed by atoms with van der Waals surface area (Å²) in [6, 6.07) is 0.280. The lowest BCUT2D eigenvalue weighted by Crippen LogP contribution is -2.47. The molecule has 2 rings (SSSR count). The second kappa shape index (κ2) is 6.52. The van der Waals surface area contributed by atoms with Gasteiger partial charge in [0.1, 0.15) is 0 Å². The standard InChI is InChI=1S/C12H22N2O2S/c1-9(11-5-3-7-16-11)14-12(17)13-8-10-4-2-6-15-10/h9-11H,2-8H2,1H3,(H2,13,14,17)/t9-,10+,11-/m0/s1. The predicted octanol–water partition coefficient (Wildman–Crippen LogP) is 1.20. The molecule has 0 aromatic heterocycles. The minimum absolute atomic E-state index is 0.280. The number of nitrogens with one attached hydrogen (secondary N) is 2. The van der Waals surface area contributed by atoms with Crippen LogP contribution < -0.4 is 10.6 Å². The van der Waals surface area contributed by atoms with Crippen LogP contribution >= 0.6 is 12.2 Å². The van der Waals surface area contributed by atoms with E-state index in [1.54, 1.807) is 0 Å². The smallest absolute Gasteiger partial charge is 0.166 e. The number of hydrogen-bond donors (Lipinski definition) is 2. The summed E-state index contributed by atoms with van der Waals surface area (Å²) in [5.41, 5.74) is 0. The highest BCUT2D eigenvalue weighted by atomic mass is 32.1. The normalized spacial score (nSPS) is 30.2. The summed E-state index contributed by atoms with van der Waals surface area (Å²) < 4.78 is 11.2. The van der Waals surface area contributed by atoms with Crippen LogP contribution in [0.3, 0.4) is 0 Å². The lowest BCUT2D eigenvalue weighted by atomic mass is 10.1. The highest BCUT2D eigenvalue weighted by Crippen LogP contribution is 2.15. The van der Waals surface area contributed by atoms with Gasteiger partial charge in [-0.2, -0.15) is 0 Å². The zero-order valence-electron chi connectivity index (χ0n) is 10.4. The Morgan fingerprint density at radius 1 is 1.29 bits per heavy atom. The average molecular weight is 258 g/mol. The van der Waals surface area contributed by atoms with E-state index in [1.165, 1.54) is 6.42 Å². The fraction of sp³-hybridized carbons (Fsp3) is 0.917. The molecule has 0 bridgehead atoms. The van der Waals surface area contributed by atoms with Gasteiger partial charge in [-0.25, -0.2) is 0 Å². The molecule has 2 aliphatic heterocycles. The Kier molecular flexibility index (Phi) is 5.00. The van der Waals surface area contributed by atoms with Crippen LogP contribution in [0.15, 0.2) is 0 Å². The van der Waals surface area contributed by atoms with Crippen molar-refractivity contribution in [1.82, 2.24) is 10.6 Å². The Balaban J connectivity index is 1.62. The predicted molar refractivity (Wildman–Crippen MR) is 71.1 cm³/mol. The van der Waals surface area contributed by atoms with Gasteiger partial charge in [0, 0.05) is 19.8 Å². The van der Waals surface area contributed by atoms with Crippen molar-refractivity contribution in [3.63, 3.8) is 0 Å². The quantitative estimate of drug-likeness (QED) is 0.742. The molecule has 5 heteroatoms. The molecule has 0 radical (unpaired) electrons. The van der Waals surface area contributed by atoms with Crippen molar-refractivity contribution in [1.29, 1.82) is 0 Å². The van der Waals surface area contributed by atoms with Crippen molar-refractivity contribution in [3.8, 4) is 0 Å². The van der Waals surface area contributed by atoms with E-state index in [1.807, 2.05) is 0 Å². The van der Waals surface area contributed by atoms with Gasteiger partial charge in [0.15, 0.2) is 5.11 Å². The SMILES string of the molecule is C[C@H](NC(=S)NC[C@H]1CCCO1)[C@@H]1CCCO1. The summed E-state index contributed by atoms with van der Waals surface area (Å²) in [5.74, 6) is 0. The summed E-state index contributed by atoms with van der Waals surface area (Å²) in [5, 5.41) is 7.22. The Morgan fingerprint density at radius 3 is 2.71 bits per heavy atom. The summed E-state index contributed by atoms with van der Waals surface area (Å²) in [4.78, 5) is 0. The van der Waals surface area contributed by atoms with E-state index in [0.29, 0.717) is 17.3 Å². The van der Waals surface area contributed by atoms with E-state index < -0.39 is 0 Å². The fourth-order valence-corrected chi connectivity index (χ4v) is 2.63.